The van der Waals surface area contributed by atoms with Crippen LogP contribution >= 0.6 is 0 Å². The van der Waals surface area contributed by atoms with Crippen molar-refractivity contribution in [2.75, 3.05) is 13.7 Å². The van der Waals surface area contributed by atoms with Gasteiger partial charge < -0.3 is 10.5 Å². The average molecular weight is 213 g/mol. The number of nitrogens with two attached hydrogens (primary N) is 1. The Balaban J connectivity index is 2.53. The molecule has 1 aliphatic rings. The summed E-state index contributed by atoms with van der Waals surface area (Å²) in [7, 11) is 1.77. The van der Waals surface area contributed by atoms with E-state index in [1.165, 1.54) is 38.5 Å². The fraction of sp³-hybridized carbons (Fsp3) is 1.00. The molecule has 0 heterocycles. The van der Waals surface area contributed by atoms with Gasteiger partial charge in [0.05, 0.1) is 6.61 Å². The summed E-state index contributed by atoms with van der Waals surface area (Å²) < 4.78 is 5.24. The predicted molar refractivity (Wildman–Crippen MR) is 64.8 cm³/mol. The van der Waals surface area contributed by atoms with Crippen molar-refractivity contribution in [3.05, 3.63) is 0 Å². The molecular formula is C13H27NO. The molecule has 3 unspecified atom stereocenters. The van der Waals surface area contributed by atoms with Gasteiger partial charge in [-0.25, -0.2) is 0 Å². The number of rotatable bonds is 4. The van der Waals surface area contributed by atoms with Crippen molar-refractivity contribution in [1.29, 1.82) is 0 Å². The molecule has 3 atom stereocenters. The highest BCUT2D eigenvalue weighted by molar-refractivity contribution is 4.91. The van der Waals surface area contributed by atoms with Gasteiger partial charge in [-0.3, -0.25) is 0 Å². The summed E-state index contributed by atoms with van der Waals surface area (Å²) in [5, 5.41) is 0. The highest BCUT2D eigenvalue weighted by atomic mass is 16.5. The Bertz CT molecular complexity index is 183. The fourth-order valence-electron chi connectivity index (χ4n) is 2.78. The van der Waals surface area contributed by atoms with Gasteiger partial charge >= 0.3 is 0 Å². The van der Waals surface area contributed by atoms with Gasteiger partial charge in [0.15, 0.2) is 0 Å². The Morgan fingerprint density at radius 2 is 2.13 bits per heavy atom. The molecule has 2 N–H and O–H groups in total. The molecule has 0 aliphatic heterocycles. The van der Waals surface area contributed by atoms with Gasteiger partial charge in [-0.15, -0.1) is 0 Å². The summed E-state index contributed by atoms with van der Waals surface area (Å²) in [5.74, 6) is 1.39. The van der Waals surface area contributed by atoms with Gasteiger partial charge in [0.2, 0.25) is 0 Å². The molecule has 0 spiro atoms. The molecule has 0 radical (unpaired) electrons. The molecule has 15 heavy (non-hydrogen) atoms. The van der Waals surface area contributed by atoms with Gasteiger partial charge in [0.25, 0.3) is 0 Å². The molecule has 2 heteroatoms. The molecule has 1 aliphatic carbocycles. The lowest BCUT2D eigenvalue weighted by atomic mass is 9.80. The normalized spacial score (nSPS) is 34.8. The fourth-order valence-corrected chi connectivity index (χ4v) is 2.78. The van der Waals surface area contributed by atoms with Crippen molar-refractivity contribution in [3.8, 4) is 0 Å². The van der Waals surface area contributed by atoms with E-state index in [4.69, 9.17) is 10.5 Å². The van der Waals surface area contributed by atoms with Crippen molar-refractivity contribution in [1.82, 2.24) is 0 Å². The second kappa shape index (κ2) is 5.86. The molecule has 1 rings (SSSR count). The van der Waals surface area contributed by atoms with E-state index >= 15 is 0 Å². The third-order valence-electron chi connectivity index (χ3n) is 4.25. The maximum absolute atomic E-state index is 6.53. The van der Waals surface area contributed by atoms with E-state index in [2.05, 4.69) is 13.8 Å². The number of hydrogen-bond acceptors (Lipinski definition) is 2. The van der Waals surface area contributed by atoms with Crippen LogP contribution in [-0.4, -0.2) is 19.3 Å². The Morgan fingerprint density at radius 3 is 2.73 bits per heavy atom. The molecule has 0 aromatic heterocycles. The molecular weight excluding hydrogens is 186 g/mol. The van der Waals surface area contributed by atoms with Gasteiger partial charge in [-0.05, 0) is 31.1 Å². The molecule has 1 fully saturated rings. The Kier molecular flexibility index (Phi) is 5.07. The van der Waals surface area contributed by atoms with E-state index in [1.54, 1.807) is 7.11 Å². The Labute approximate surface area is 94.6 Å². The van der Waals surface area contributed by atoms with Crippen LogP contribution in [0.4, 0.5) is 0 Å². The quantitative estimate of drug-likeness (QED) is 0.729. The highest BCUT2D eigenvalue weighted by Gasteiger charge is 2.33. The van der Waals surface area contributed by atoms with E-state index in [0.717, 1.165) is 12.5 Å². The molecule has 0 aromatic carbocycles. The first-order chi connectivity index (χ1) is 7.12. The summed E-state index contributed by atoms with van der Waals surface area (Å²) in [6, 6.07) is 0. The van der Waals surface area contributed by atoms with E-state index in [9.17, 15) is 0 Å². The lowest BCUT2D eigenvalue weighted by Gasteiger charge is -2.34. The Hall–Kier alpha value is -0.0800. The van der Waals surface area contributed by atoms with E-state index in [-0.39, 0.29) is 5.54 Å². The molecule has 0 aromatic rings. The lowest BCUT2D eigenvalue weighted by molar-refractivity contribution is 0.106. The molecule has 0 amide bonds. The molecule has 90 valence electrons. The summed E-state index contributed by atoms with van der Waals surface area (Å²) >= 11 is 0. The zero-order valence-electron chi connectivity index (χ0n) is 10.6. The molecule has 0 bridgehead atoms. The zero-order valence-corrected chi connectivity index (χ0v) is 10.6. The maximum Gasteiger partial charge on any atom is 0.0505 e. The van der Waals surface area contributed by atoms with Crippen LogP contribution in [0.3, 0.4) is 0 Å². The van der Waals surface area contributed by atoms with Crippen molar-refractivity contribution >= 4 is 0 Å². The highest BCUT2D eigenvalue weighted by Crippen LogP contribution is 2.34. The van der Waals surface area contributed by atoms with E-state index < -0.39 is 0 Å². The van der Waals surface area contributed by atoms with Crippen molar-refractivity contribution in [3.63, 3.8) is 0 Å². The summed E-state index contributed by atoms with van der Waals surface area (Å²) in [5.41, 5.74) is 6.55. The van der Waals surface area contributed by atoms with Gasteiger partial charge in [0.1, 0.15) is 0 Å². The van der Waals surface area contributed by atoms with Crippen LogP contribution in [0.25, 0.3) is 0 Å². The van der Waals surface area contributed by atoms with Gasteiger partial charge in [-0.2, -0.15) is 0 Å². The van der Waals surface area contributed by atoms with Crippen LogP contribution < -0.4 is 5.73 Å². The van der Waals surface area contributed by atoms with Crippen LogP contribution in [-0.2, 0) is 4.74 Å². The Morgan fingerprint density at radius 1 is 1.40 bits per heavy atom. The largest absolute Gasteiger partial charge is 0.384 e. The van der Waals surface area contributed by atoms with Crippen LogP contribution in [0.2, 0.25) is 0 Å². The van der Waals surface area contributed by atoms with E-state index in [0.29, 0.717) is 5.92 Å². The summed E-state index contributed by atoms with van der Waals surface area (Å²) in [4.78, 5) is 0. The third kappa shape index (κ3) is 3.46. The van der Waals surface area contributed by atoms with Crippen LogP contribution in [0, 0.1) is 11.8 Å². The number of ether oxygens (including phenoxy) is 1. The van der Waals surface area contributed by atoms with Crippen LogP contribution in [0.1, 0.15) is 52.4 Å². The minimum Gasteiger partial charge on any atom is -0.384 e. The van der Waals surface area contributed by atoms with Gasteiger partial charge in [-0.1, -0.05) is 33.1 Å². The first kappa shape index (κ1) is 13.0. The number of methoxy groups -OCH3 is 1. The molecule has 1 saturated carbocycles. The SMILES string of the molecule is CCC1CCCC(N)(C(C)COC)CC1. The lowest BCUT2D eigenvalue weighted by Crippen LogP contribution is -2.47. The van der Waals surface area contributed by atoms with Crippen LogP contribution in [0.15, 0.2) is 0 Å². The maximum atomic E-state index is 6.53. The summed E-state index contributed by atoms with van der Waals surface area (Å²) in [6.07, 6.45) is 7.64. The second-order valence-electron chi connectivity index (χ2n) is 5.29. The standard InChI is InChI=1S/C13H27NO/c1-4-12-6-5-8-13(14,9-7-12)11(2)10-15-3/h11-12H,4-10,14H2,1-3H3. The third-order valence-corrected chi connectivity index (χ3v) is 4.25. The first-order valence-electron chi connectivity index (χ1n) is 6.40. The van der Waals surface area contributed by atoms with Crippen LogP contribution in [0.5, 0.6) is 0 Å². The van der Waals surface area contributed by atoms with E-state index in [1.807, 2.05) is 0 Å². The topological polar surface area (TPSA) is 35.2 Å². The van der Waals surface area contributed by atoms with Crippen molar-refractivity contribution < 1.29 is 4.74 Å². The molecule has 0 saturated heterocycles. The minimum absolute atomic E-state index is 0.0277. The minimum atomic E-state index is 0.0277. The van der Waals surface area contributed by atoms with Crippen molar-refractivity contribution in [2.45, 2.75) is 57.9 Å². The van der Waals surface area contributed by atoms with Crippen molar-refractivity contribution in [2.24, 2.45) is 17.6 Å². The predicted octanol–water partition coefficient (Wildman–Crippen LogP) is 2.96. The zero-order chi connectivity index (χ0) is 11.3. The summed E-state index contributed by atoms with van der Waals surface area (Å²) in [6.45, 7) is 5.33. The first-order valence-corrected chi connectivity index (χ1v) is 6.40. The molecule has 2 nitrogen and oxygen atoms in total. The number of hydrogen-bond donors (Lipinski definition) is 1. The smallest absolute Gasteiger partial charge is 0.0505 e. The monoisotopic (exact) mass is 213 g/mol. The average Bonchev–Trinajstić information content (AvgIpc) is 2.41. The second-order valence-corrected chi connectivity index (χ2v) is 5.29. The van der Waals surface area contributed by atoms with Gasteiger partial charge in [0, 0.05) is 12.6 Å².